The van der Waals surface area contributed by atoms with Crippen molar-refractivity contribution in [3.05, 3.63) is 70.3 Å². The van der Waals surface area contributed by atoms with Crippen molar-refractivity contribution >= 4 is 16.9 Å². The van der Waals surface area contributed by atoms with E-state index < -0.39 is 5.97 Å². The number of aromatic nitrogens is 2. The number of nitrogens with zero attached hydrogens (tertiary/aromatic N) is 1. The summed E-state index contributed by atoms with van der Waals surface area (Å²) in [6.45, 7) is 0.406. The Morgan fingerprint density at radius 2 is 2.05 bits per heavy atom. The highest BCUT2D eigenvalue weighted by molar-refractivity contribution is 5.87. The molecular weight excluding hydrogens is 256 g/mol. The number of aromatic carboxylic acids is 1. The molecule has 0 spiro atoms. The van der Waals surface area contributed by atoms with Crippen LogP contribution in [0.5, 0.6) is 0 Å². The molecule has 0 bridgehead atoms. The Bertz CT molecular complexity index is 845. The highest BCUT2D eigenvalue weighted by Gasteiger charge is 2.07. The lowest BCUT2D eigenvalue weighted by Crippen LogP contribution is -2.20. The predicted octanol–water partition coefficient (Wildman–Crippen LogP) is 2.08. The van der Waals surface area contributed by atoms with Crippen LogP contribution in [0.15, 0.2) is 53.6 Å². The van der Waals surface area contributed by atoms with E-state index in [1.807, 2.05) is 30.5 Å². The first-order valence-electron chi connectivity index (χ1n) is 6.14. The molecule has 5 heteroatoms. The minimum Gasteiger partial charge on any atom is -0.478 e. The fourth-order valence-electron chi connectivity index (χ4n) is 2.22. The summed E-state index contributed by atoms with van der Waals surface area (Å²) in [7, 11) is 0. The van der Waals surface area contributed by atoms with Gasteiger partial charge in [0.1, 0.15) is 0 Å². The molecule has 3 rings (SSSR count). The van der Waals surface area contributed by atoms with Crippen molar-refractivity contribution in [3.63, 3.8) is 0 Å². The first kappa shape index (κ1) is 12.2. The van der Waals surface area contributed by atoms with E-state index in [0.29, 0.717) is 6.54 Å². The molecule has 0 radical (unpaired) electrons. The van der Waals surface area contributed by atoms with Crippen molar-refractivity contribution < 1.29 is 9.90 Å². The van der Waals surface area contributed by atoms with Gasteiger partial charge >= 0.3 is 5.97 Å². The number of carboxylic acids is 1. The molecule has 2 N–H and O–H groups in total. The van der Waals surface area contributed by atoms with Gasteiger partial charge in [-0.2, -0.15) is 0 Å². The summed E-state index contributed by atoms with van der Waals surface area (Å²) in [5.41, 5.74) is 1.68. The third-order valence-corrected chi connectivity index (χ3v) is 3.26. The number of carboxylic acid groups (broad SMARTS) is 1. The first-order chi connectivity index (χ1) is 9.65. The van der Waals surface area contributed by atoms with Gasteiger partial charge < -0.3 is 14.7 Å². The molecule has 0 aliphatic carbocycles. The second-order valence-corrected chi connectivity index (χ2v) is 4.55. The lowest BCUT2D eigenvalue weighted by Gasteiger charge is -2.05. The number of fused-ring (bicyclic) bond motifs is 1. The molecule has 0 amide bonds. The van der Waals surface area contributed by atoms with E-state index in [2.05, 4.69) is 4.98 Å². The second kappa shape index (κ2) is 4.70. The van der Waals surface area contributed by atoms with Crippen molar-refractivity contribution in [2.24, 2.45) is 0 Å². The molecule has 0 atom stereocenters. The van der Waals surface area contributed by atoms with Crippen LogP contribution in [0.25, 0.3) is 10.9 Å². The Morgan fingerprint density at radius 1 is 1.25 bits per heavy atom. The van der Waals surface area contributed by atoms with E-state index in [1.165, 1.54) is 16.8 Å². The molecule has 0 saturated carbocycles. The average molecular weight is 268 g/mol. The summed E-state index contributed by atoms with van der Waals surface area (Å²) in [4.78, 5) is 25.8. The highest BCUT2D eigenvalue weighted by Crippen LogP contribution is 2.18. The Hall–Kier alpha value is -2.82. The van der Waals surface area contributed by atoms with Crippen LogP contribution in [0.3, 0.4) is 0 Å². The molecule has 0 unspecified atom stereocenters. The van der Waals surface area contributed by atoms with Crippen LogP contribution in [-0.2, 0) is 6.54 Å². The Kier molecular flexibility index (Phi) is 2.87. The molecule has 100 valence electrons. The fraction of sp³-hybridized carbons (Fsp3) is 0.0667. The van der Waals surface area contributed by atoms with Gasteiger partial charge in [-0.1, -0.05) is 18.2 Å². The van der Waals surface area contributed by atoms with Gasteiger partial charge in [0.15, 0.2) is 0 Å². The number of hydrogen-bond donors (Lipinski definition) is 2. The summed E-state index contributed by atoms with van der Waals surface area (Å²) in [6, 6.07) is 10.4. The molecular formula is C15H12N2O3. The SMILES string of the molecule is O=C(O)c1ccn(Cc2c[nH]c3ccccc23)c(=O)c1. The molecule has 0 aliphatic heterocycles. The topological polar surface area (TPSA) is 75.1 Å². The number of H-pyrrole nitrogens is 1. The third-order valence-electron chi connectivity index (χ3n) is 3.26. The Labute approximate surface area is 114 Å². The molecule has 2 heterocycles. The van der Waals surface area contributed by atoms with Crippen LogP contribution in [0, 0.1) is 0 Å². The molecule has 5 nitrogen and oxygen atoms in total. The van der Waals surface area contributed by atoms with Crippen molar-refractivity contribution in [2.75, 3.05) is 0 Å². The van der Waals surface area contributed by atoms with Crippen LogP contribution >= 0.6 is 0 Å². The summed E-state index contributed by atoms with van der Waals surface area (Å²) >= 11 is 0. The summed E-state index contributed by atoms with van der Waals surface area (Å²) in [6.07, 6.45) is 3.37. The summed E-state index contributed by atoms with van der Waals surface area (Å²) in [5.74, 6) is -1.10. The van der Waals surface area contributed by atoms with E-state index in [1.54, 1.807) is 0 Å². The number of nitrogens with one attached hydrogen (secondary N) is 1. The van der Waals surface area contributed by atoms with E-state index in [-0.39, 0.29) is 11.1 Å². The highest BCUT2D eigenvalue weighted by atomic mass is 16.4. The maximum absolute atomic E-state index is 11.9. The van der Waals surface area contributed by atoms with Gasteiger partial charge in [-0.15, -0.1) is 0 Å². The monoisotopic (exact) mass is 268 g/mol. The lowest BCUT2D eigenvalue weighted by molar-refractivity contribution is 0.0696. The van der Waals surface area contributed by atoms with Gasteiger partial charge in [0, 0.05) is 29.4 Å². The number of hydrogen-bond acceptors (Lipinski definition) is 2. The van der Waals surface area contributed by atoms with Gasteiger partial charge in [-0.25, -0.2) is 4.79 Å². The molecule has 0 fully saturated rings. The Morgan fingerprint density at radius 3 is 2.80 bits per heavy atom. The minimum absolute atomic E-state index is 0.00479. The van der Waals surface area contributed by atoms with E-state index in [4.69, 9.17) is 5.11 Å². The molecule has 1 aromatic carbocycles. The van der Waals surface area contributed by atoms with Crippen molar-refractivity contribution in [1.82, 2.24) is 9.55 Å². The van der Waals surface area contributed by atoms with E-state index in [9.17, 15) is 9.59 Å². The lowest BCUT2D eigenvalue weighted by atomic mass is 10.1. The van der Waals surface area contributed by atoms with E-state index >= 15 is 0 Å². The largest absolute Gasteiger partial charge is 0.478 e. The summed E-state index contributed by atoms with van der Waals surface area (Å²) < 4.78 is 1.49. The van der Waals surface area contributed by atoms with Crippen molar-refractivity contribution in [2.45, 2.75) is 6.54 Å². The number of rotatable bonds is 3. The zero-order valence-electron chi connectivity index (χ0n) is 10.5. The molecule has 3 aromatic rings. The van der Waals surface area contributed by atoms with Gasteiger partial charge in [0.2, 0.25) is 0 Å². The zero-order chi connectivity index (χ0) is 14.1. The normalized spacial score (nSPS) is 10.8. The maximum Gasteiger partial charge on any atom is 0.335 e. The van der Waals surface area contributed by atoms with Gasteiger partial charge in [0.25, 0.3) is 5.56 Å². The first-order valence-corrected chi connectivity index (χ1v) is 6.14. The average Bonchev–Trinajstić information content (AvgIpc) is 2.84. The van der Waals surface area contributed by atoms with Crippen LogP contribution in [0.4, 0.5) is 0 Å². The third kappa shape index (κ3) is 2.09. The van der Waals surface area contributed by atoms with Crippen molar-refractivity contribution in [3.8, 4) is 0 Å². The van der Waals surface area contributed by atoms with Crippen molar-refractivity contribution in [1.29, 1.82) is 0 Å². The molecule has 0 aliphatic rings. The number of para-hydroxylation sites is 1. The number of aromatic amines is 1. The molecule has 0 saturated heterocycles. The summed E-state index contributed by atoms with van der Waals surface area (Å²) in [5, 5.41) is 9.90. The second-order valence-electron chi connectivity index (χ2n) is 4.55. The van der Waals surface area contributed by atoms with Gasteiger partial charge in [-0.05, 0) is 17.7 Å². The van der Waals surface area contributed by atoms with Crippen LogP contribution in [-0.4, -0.2) is 20.6 Å². The molecule has 2 aromatic heterocycles. The van der Waals surface area contributed by atoms with Gasteiger partial charge in [0.05, 0.1) is 12.1 Å². The number of pyridine rings is 1. The molecule has 20 heavy (non-hydrogen) atoms. The number of benzene rings is 1. The fourth-order valence-corrected chi connectivity index (χ4v) is 2.22. The quantitative estimate of drug-likeness (QED) is 0.763. The standard InChI is InChI=1S/C15H12N2O3/c18-14-7-10(15(19)20)5-6-17(14)9-11-8-16-13-4-2-1-3-12(11)13/h1-8,16H,9H2,(H,19,20). The maximum atomic E-state index is 11.9. The van der Waals surface area contributed by atoms with Crippen LogP contribution in [0.2, 0.25) is 0 Å². The smallest absolute Gasteiger partial charge is 0.335 e. The van der Waals surface area contributed by atoms with Crippen LogP contribution < -0.4 is 5.56 Å². The predicted molar refractivity (Wildman–Crippen MR) is 75.1 cm³/mol. The minimum atomic E-state index is -1.10. The van der Waals surface area contributed by atoms with Crippen LogP contribution in [0.1, 0.15) is 15.9 Å². The van der Waals surface area contributed by atoms with Gasteiger partial charge in [-0.3, -0.25) is 4.79 Å². The zero-order valence-corrected chi connectivity index (χ0v) is 10.5. The van der Waals surface area contributed by atoms with E-state index in [0.717, 1.165) is 22.5 Å². The Balaban J connectivity index is 1.99. The number of carbonyl (C=O) groups is 1.